The minimum Gasteiger partial charge on any atom is -0.497 e. The molecule has 1 aliphatic heterocycles. The van der Waals surface area contributed by atoms with Gasteiger partial charge in [0.25, 0.3) is 17.7 Å². The highest BCUT2D eigenvalue weighted by atomic mass is 32.1. The first-order valence-electron chi connectivity index (χ1n) is 11.8. The Bertz CT molecular complexity index is 1460. The van der Waals surface area contributed by atoms with Gasteiger partial charge in [-0.1, -0.05) is 26.0 Å². The molecular formula is C28H27N3O6S. The van der Waals surface area contributed by atoms with Gasteiger partial charge in [0.1, 0.15) is 16.8 Å². The first kappa shape index (κ1) is 26.7. The summed E-state index contributed by atoms with van der Waals surface area (Å²) in [4.78, 5) is 57.3. The van der Waals surface area contributed by atoms with Gasteiger partial charge < -0.3 is 15.2 Å². The van der Waals surface area contributed by atoms with Crippen LogP contribution in [-0.2, 0) is 11.3 Å². The van der Waals surface area contributed by atoms with E-state index in [1.54, 1.807) is 21.0 Å². The van der Waals surface area contributed by atoms with Gasteiger partial charge in [-0.15, -0.1) is 11.3 Å². The summed E-state index contributed by atoms with van der Waals surface area (Å²) < 4.78 is 5.25. The van der Waals surface area contributed by atoms with E-state index in [2.05, 4.69) is 17.0 Å². The van der Waals surface area contributed by atoms with Crippen LogP contribution >= 0.6 is 11.3 Å². The Hall–Kier alpha value is -4.31. The van der Waals surface area contributed by atoms with E-state index >= 15 is 0 Å². The van der Waals surface area contributed by atoms with E-state index in [9.17, 15) is 24.3 Å². The number of rotatable bonds is 9. The molecule has 2 aromatic carbocycles. The van der Waals surface area contributed by atoms with Crippen LogP contribution in [0.4, 0.5) is 5.00 Å². The van der Waals surface area contributed by atoms with Crippen molar-refractivity contribution < 1.29 is 29.0 Å². The third kappa shape index (κ3) is 4.70. The minimum atomic E-state index is -1.16. The van der Waals surface area contributed by atoms with Crippen LogP contribution in [0.3, 0.4) is 0 Å². The monoisotopic (exact) mass is 533 g/mol. The number of aryl methyl sites for hydroxylation is 1. The van der Waals surface area contributed by atoms with Gasteiger partial charge in [-0.25, -0.2) is 9.69 Å². The highest BCUT2D eigenvalue weighted by molar-refractivity contribution is 7.17. The number of amides is 3. The number of carbonyl (C=O) groups excluding carboxylic acids is 3. The summed E-state index contributed by atoms with van der Waals surface area (Å²) in [6.07, 6.45) is 0. The summed E-state index contributed by atoms with van der Waals surface area (Å²) in [5.74, 6) is -2.51. The fourth-order valence-electron chi connectivity index (χ4n) is 4.46. The Kier molecular flexibility index (Phi) is 7.45. The summed E-state index contributed by atoms with van der Waals surface area (Å²) in [5, 5.41) is 12.3. The lowest BCUT2D eigenvalue weighted by Crippen LogP contribution is -2.44. The lowest BCUT2D eigenvalue weighted by atomic mass is 10.0. The fourth-order valence-corrected chi connectivity index (χ4v) is 5.64. The smallest absolute Gasteiger partial charge is 0.326 e. The molecule has 196 valence electrons. The van der Waals surface area contributed by atoms with Crippen LogP contribution in [0.2, 0.25) is 0 Å². The number of ether oxygens (including phenoxy) is 1. The number of fused-ring (bicyclic) bond motifs is 1. The second kappa shape index (κ2) is 10.6. The first-order valence-corrected chi connectivity index (χ1v) is 12.7. The number of nitrogens with one attached hydrogen (secondary N) is 1. The number of hydrogen-bond donors (Lipinski definition) is 2. The summed E-state index contributed by atoms with van der Waals surface area (Å²) >= 11 is 1.31. The lowest BCUT2D eigenvalue weighted by Gasteiger charge is -2.18. The highest BCUT2D eigenvalue weighted by Gasteiger charge is 2.40. The van der Waals surface area contributed by atoms with Gasteiger partial charge in [-0.05, 0) is 55.5 Å². The third-order valence-corrected chi connectivity index (χ3v) is 7.51. The molecule has 2 heterocycles. The molecule has 10 heteroatoms. The minimum absolute atomic E-state index is 0.0774. The average Bonchev–Trinajstić information content (AvgIpc) is 3.34. The van der Waals surface area contributed by atoms with Crippen molar-refractivity contribution in [2.75, 3.05) is 12.0 Å². The van der Waals surface area contributed by atoms with Crippen LogP contribution < -0.4 is 15.0 Å². The van der Waals surface area contributed by atoms with Gasteiger partial charge in [-0.3, -0.25) is 19.4 Å². The Morgan fingerprint density at radius 2 is 1.76 bits per heavy atom. The Labute approximate surface area is 223 Å². The molecule has 0 saturated carbocycles. The lowest BCUT2D eigenvalue weighted by molar-refractivity contribution is -0.140. The molecule has 0 aliphatic carbocycles. The molecule has 1 atom stereocenters. The number of methoxy groups -OCH3 is 1. The molecule has 0 fully saturated rings. The summed E-state index contributed by atoms with van der Waals surface area (Å²) in [6, 6.07) is 10.5. The van der Waals surface area contributed by atoms with E-state index in [1.807, 2.05) is 31.2 Å². The number of hydrogen-bond acceptors (Lipinski definition) is 7. The predicted molar refractivity (Wildman–Crippen MR) is 146 cm³/mol. The SMILES string of the molecule is C=NCc1c(N2C(=O)c3ccc(C(=O)N[C@H](C(=O)O)C(C)C)cc3C2=O)sc(C)c1-c1ccc(OC)cc1. The maximum absolute atomic E-state index is 13.5. The van der Waals surface area contributed by atoms with E-state index < -0.39 is 29.7 Å². The number of aliphatic imine (C=N–C) groups is 1. The molecule has 3 aromatic rings. The molecule has 0 bridgehead atoms. The number of carbonyl (C=O) groups is 4. The van der Waals surface area contributed by atoms with Crippen LogP contribution in [0.25, 0.3) is 11.1 Å². The molecule has 9 nitrogen and oxygen atoms in total. The van der Waals surface area contributed by atoms with Gasteiger partial charge in [-0.2, -0.15) is 0 Å². The number of aliphatic carboxylic acids is 1. The van der Waals surface area contributed by atoms with Crippen molar-refractivity contribution in [1.29, 1.82) is 0 Å². The summed E-state index contributed by atoms with van der Waals surface area (Å²) in [6.45, 7) is 9.07. The van der Waals surface area contributed by atoms with Crippen LogP contribution in [0.1, 0.15) is 55.4 Å². The zero-order chi connectivity index (χ0) is 27.7. The Morgan fingerprint density at radius 3 is 2.34 bits per heavy atom. The zero-order valence-electron chi connectivity index (χ0n) is 21.4. The van der Waals surface area contributed by atoms with Crippen molar-refractivity contribution >= 4 is 46.7 Å². The number of carboxylic acid groups (broad SMARTS) is 1. The van der Waals surface area contributed by atoms with Crippen LogP contribution in [0.15, 0.2) is 47.5 Å². The number of thiophene rings is 1. The Balaban J connectivity index is 1.72. The maximum atomic E-state index is 13.5. The van der Waals surface area contributed by atoms with E-state index in [0.29, 0.717) is 16.3 Å². The van der Waals surface area contributed by atoms with Crippen LogP contribution in [-0.4, -0.2) is 48.7 Å². The summed E-state index contributed by atoms with van der Waals surface area (Å²) in [7, 11) is 1.59. The fraction of sp³-hybridized carbons (Fsp3) is 0.250. The van der Waals surface area contributed by atoms with Gasteiger partial charge in [0.15, 0.2) is 0 Å². The number of anilines is 1. The number of benzene rings is 2. The molecule has 1 aliphatic rings. The van der Waals surface area contributed by atoms with E-state index in [0.717, 1.165) is 20.9 Å². The average molecular weight is 534 g/mol. The van der Waals surface area contributed by atoms with Gasteiger partial charge in [0.05, 0.1) is 24.8 Å². The van der Waals surface area contributed by atoms with Gasteiger partial charge >= 0.3 is 5.97 Å². The first-order chi connectivity index (χ1) is 18.1. The van der Waals surface area contributed by atoms with Crippen molar-refractivity contribution in [2.45, 2.75) is 33.4 Å². The quantitative estimate of drug-likeness (QED) is 0.307. The number of nitrogens with zero attached hydrogens (tertiary/aromatic N) is 2. The van der Waals surface area contributed by atoms with E-state index in [4.69, 9.17) is 4.74 Å². The standard InChI is InChI=1S/C28H27N3O6S/c1-14(2)23(28(35)36)30-24(32)17-8-11-19-20(12-17)26(34)31(25(19)33)27-21(13-29-4)22(15(3)38-27)16-6-9-18(37-5)10-7-16/h6-12,14,23H,4,13H2,1-3,5H3,(H,30,32)(H,35,36)/t23-/m0/s1. The molecule has 1 aromatic heterocycles. The predicted octanol–water partition coefficient (Wildman–Crippen LogP) is 4.57. The molecule has 0 saturated heterocycles. The van der Waals surface area contributed by atoms with E-state index in [1.165, 1.54) is 29.5 Å². The van der Waals surface area contributed by atoms with Crippen molar-refractivity contribution in [3.8, 4) is 16.9 Å². The van der Waals surface area contributed by atoms with Crippen LogP contribution in [0.5, 0.6) is 5.75 Å². The Morgan fingerprint density at radius 1 is 1.11 bits per heavy atom. The molecule has 3 amide bonds. The third-order valence-electron chi connectivity index (χ3n) is 6.38. The van der Waals surface area contributed by atoms with Crippen molar-refractivity contribution in [2.24, 2.45) is 10.9 Å². The molecule has 0 unspecified atom stereocenters. The van der Waals surface area contributed by atoms with Crippen LogP contribution in [0, 0.1) is 12.8 Å². The van der Waals surface area contributed by atoms with E-state index in [-0.39, 0.29) is 29.2 Å². The van der Waals surface area contributed by atoms with Crippen molar-refractivity contribution in [1.82, 2.24) is 5.32 Å². The molecule has 0 spiro atoms. The summed E-state index contributed by atoms with van der Waals surface area (Å²) in [5.41, 5.74) is 2.78. The highest BCUT2D eigenvalue weighted by Crippen LogP contribution is 2.45. The van der Waals surface area contributed by atoms with Gasteiger partial charge in [0.2, 0.25) is 0 Å². The zero-order valence-corrected chi connectivity index (χ0v) is 22.2. The molecule has 4 rings (SSSR count). The topological polar surface area (TPSA) is 125 Å². The van der Waals surface area contributed by atoms with Crippen molar-refractivity contribution in [3.05, 3.63) is 69.6 Å². The number of carboxylic acids is 1. The molecule has 38 heavy (non-hydrogen) atoms. The second-order valence-corrected chi connectivity index (χ2v) is 10.4. The van der Waals surface area contributed by atoms with Gasteiger partial charge in [0, 0.05) is 21.6 Å². The second-order valence-electron chi connectivity index (χ2n) is 9.17. The molecule has 0 radical (unpaired) electrons. The largest absolute Gasteiger partial charge is 0.497 e. The number of imide groups is 1. The normalized spacial score (nSPS) is 13.4. The molecular weight excluding hydrogens is 506 g/mol. The van der Waals surface area contributed by atoms with Crippen molar-refractivity contribution in [3.63, 3.8) is 0 Å². The maximum Gasteiger partial charge on any atom is 0.326 e. The molecule has 2 N–H and O–H groups in total.